The number of nitrogens with one attached hydrogen (secondary N) is 1. The average Bonchev–Trinajstić information content (AvgIpc) is 3.33. The monoisotopic (exact) mass is 466 g/mol. The summed E-state index contributed by atoms with van der Waals surface area (Å²) >= 11 is 5.07. The third-order valence-electron chi connectivity index (χ3n) is 4.46. The van der Waals surface area contributed by atoms with Crippen molar-refractivity contribution in [3.05, 3.63) is 86.8 Å². The molecule has 0 saturated heterocycles. The van der Waals surface area contributed by atoms with Crippen LogP contribution in [0.25, 0.3) is 11.3 Å². The van der Waals surface area contributed by atoms with Gasteiger partial charge in [-0.05, 0) is 30.2 Å². The van der Waals surface area contributed by atoms with Crippen LogP contribution >= 0.6 is 27.3 Å². The molecular weight excluding hydrogens is 448 g/mol. The average molecular weight is 467 g/mol. The van der Waals surface area contributed by atoms with Crippen LogP contribution in [0.15, 0.2) is 70.6 Å². The summed E-state index contributed by atoms with van der Waals surface area (Å²) in [5.74, 6) is 0.618. The summed E-state index contributed by atoms with van der Waals surface area (Å²) < 4.78 is 2.82. The van der Waals surface area contributed by atoms with E-state index < -0.39 is 0 Å². The van der Waals surface area contributed by atoms with Gasteiger partial charge in [0.05, 0.1) is 29.9 Å². The molecule has 0 bridgehead atoms. The highest BCUT2D eigenvalue weighted by Gasteiger charge is 2.10. The molecule has 4 rings (SSSR count). The Hall–Kier alpha value is -2.77. The van der Waals surface area contributed by atoms with Gasteiger partial charge < -0.3 is 5.32 Å². The number of nitrogens with zero attached hydrogens (tertiary/aromatic N) is 3. The second kappa shape index (κ2) is 8.71. The van der Waals surface area contributed by atoms with Crippen molar-refractivity contribution in [2.24, 2.45) is 0 Å². The Morgan fingerprint density at radius 2 is 1.79 bits per heavy atom. The molecule has 0 unspecified atom stereocenters. The predicted octanol–water partition coefficient (Wildman–Crippen LogP) is 5.31. The molecule has 0 aliphatic carbocycles. The Bertz CT molecular complexity index is 1120. The van der Waals surface area contributed by atoms with Crippen molar-refractivity contribution < 1.29 is 4.79 Å². The molecule has 2 aromatic carbocycles. The van der Waals surface area contributed by atoms with Crippen LogP contribution in [0.3, 0.4) is 0 Å². The van der Waals surface area contributed by atoms with Crippen molar-refractivity contribution in [2.45, 2.75) is 19.9 Å². The molecule has 0 aliphatic rings. The van der Waals surface area contributed by atoms with E-state index in [0.717, 1.165) is 31.9 Å². The quantitative estimate of drug-likeness (QED) is 0.418. The Morgan fingerprint density at radius 1 is 1.07 bits per heavy atom. The van der Waals surface area contributed by atoms with Crippen LogP contribution in [-0.2, 0) is 17.8 Å². The normalized spacial score (nSPS) is 10.8. The topological polar surface area (TPSA) is 59.8 Å². The zero-order valence-electron chi connectivity index (χ0n) is 15.8. The van der Waals surface area contributed by atoms with Crippen molar-refractivity contribution >= 4 is 39.0 Å². The van der Waals surface area contributed by atoms with Gasteiger partial charge in [-0.15, -0.1) is 11.3 Å². The molecule has 0 aliphatic heterocycles. The molecule has 0 radical (unpaired) electrons. The van der Waals surface area contributed by atoms with Crippen LogP contribution in [0.5, 0.6) is 0 Å². The van der Waals surface area contributed by atoms with E-state index in [1.807, 2.05) is 66.9 Å². The summed E-state index contributed by atoms with van der Waals surface area (Å²) in [6.45, 7) is 2.59. The minimum atomic E-state index is -0.0696. The van der Waals surface area contributed by atoms with Crippen LogP contribution in [0, 0.1) is 6.92 Å². The van der Waals surface area contributed by atoms with E-state index in [2.05, 4.69) is 31.3 Å². The lowest BCUT2D eigenvalue weighted by Gasteiger charge is -2.10. The smallest absolute Gasteiger partial charge is 0.229 e. The number of hydrogen-bond donors (Lipinski definition) is 1. The molecule has 0 fully saturated rings. The minimum absolute atomic E-state index is 0.0696. The highest BCUT2D eigenvalue weighted by Crippen LogP contribution is 2.22. The van der Waals surface area contributed by atoms with Crippen molar-refractivity contribution in [2.75, 3.05) is 5.32 Å². The molecule has 0 spiro atoms. The van der Waals surface area contributed by atoms with Crippen molar-refractivity contribution in [1.29, 1.82) is 0 Å². The predicted molar refractivity (Wildman–Crippen MR) is 120 cm³/mol. The van der Waals surface area contributed by atoms with E-state index in [4.69, 9.17) is 0 Å². The first-order valence-electron chi connectivity index (χ1n) is 9.14. The van der Waals surface area contributed by atoms with Crippen LogP contribution in [0.1, 0.15) is 16.1 Å². The summed E-state index contributed by atoms with van der Waals surface area (Å²) in [4.78, 5) is 17.0. The van der Waals surface area contributed by atoms with Gasteiger partial charge in [0.1, 0.15) is 5.82 Å². The number of halogens is 1. The number of thiazole rings is 1. The van der Waals surface area contributed by atoms with Gasteiger partial charge in [0.15, 0.2) is 0 Å². The molecule has 29 heavy (non-hydrogen) atoms. The third kappa shape index (κ3) is 4.99. The summed E-state index contributed by atoms with van der Waals surface area (Å²) in [5.41, 5.74) is 4.10. The molecule has 2 heterocycles. The lowest BCUT2D eigenvalue weighted by Crippen LogP contribution is -2.18. The van der Waals surface area contributed by atoms with Gasteiger partial charge in [0.2, 0.25) is 5.91 Å². The highest BCUT2D eigenvalue weighted by molar-refractivity contribution is 9.10. The summed E-state index contributed by atoms with van der Waals surface area (Å²) in [6.07, 6.45) is 2.00. The van der Waals surface area contributed by atoms with Crippen LogP contribution < -0.4 is 5.32 Å². The number of aromatic nitrogens is 3. The van der Waals surface area contributed by atoms with Crippen LogP contribution in [0.4, 0.5) is 5.82 Å². The fraction of sp³-hybridized carbons (Fsp3) is 0.136. The molecule has 0 saturated carbocycles. The van der Waals surface area contributed by atoms with E-state index >= 15 is 0 Å². The molecular formula is C22H19BrN4OS. The molecule has 4 aromatic rings. The first-order valence-corrected chi connectivity index (χ1v) is 10.8. The van der Waals surface area contributed by atoms with Gasteiger partial charge in [-0.3, -0.25) is 4.79 Å². The second-order valence-corrected chi connectivity index (χ2v) is 8.65. The number of hydrogen-bond acceptors (Lipinski definition) is 4. The Labute approximate surface area is 181 Å². The SMILES string of the molecule is Cc1nc(-c2ccc(CC(=O)Nc3ccnn3Cc3ccc(Br)cc3)cc2)cs1. The zero-order valence-corrected chi connectivity index (χ0v) is 18.2. The third-order valence-corrected chi connectivity index (χ3v) is 5.77. The first-order chi connectivity index (χ1) is 14.1. The first kappa shape index (κ1) is 19.5. The molecule has 2 aromatic heterocycles. The summed E-state index contributed by atoms with van der Waals surface area (Å²) in [5, 5.41) is 10.4. The Balaban J connectivity index is 1.39. The lowest BCUT2D eigenvalue weighted by molar-refractivity contribution is -0.115. The lowest BCUT2D eigenvalue weighted by atomic mass is 10.1. The number of benzene rings is 2. The Morgan fingerprint density at radius 3 is 2.48 bits per heavy atom. The van der Waals surface area contributed by atoms with Gasteiger partial charge in [0, 0.05) is 21.5 Å². The van der Waals surface area contributed by atoms with E-state index in [0.29, 0.717) is 18.8 Å². The van der Waals surface area contributed by atoms with Crippen LogP contribution in [-0.4, -0.2) is 20.7 Å². The molecule has 0 atom stereocenters. The number of carbonyl (C=O) groups is 1. The van der Waals surface area contributed by atoms with Gasteiger partial charge in [-0.1, -0.05) is 52.3 Å². The van der Waals surface area contributed by atoms with Crippen molar-refractivity contribution in [3.63, 3.8) is 0 Å². The van der Waals surface area contributed by atoms with Gasteiger partial charge in [-0.25, -0.2) is 9.67 Å². The van der Waals surface area contributed by atoms with Crippen molar-refractivity contribution in [1.82, 2.24) is 14.8 Å². The maximum absolute atomic E-state index is 12.5. The largest absolute Gasteiger partial charge is 0.311 e. The molecule has 1 amide bonds. The van der Waals surface area contributed by atoms with Crippen LogP contribution in [0.2, 0.25) is 0 Å². The zero-order chi connectivity index (χ0) is 20.2. The number of rotatable bonds is 6. The standard InChI is InChI=1S/C22H19BrN4OS/c1-15-25-20(14-29-15)18-6-2-16(3-7-18)12-22(28)26-21-10-11-24-27(21)13-17-4-8-19(23)9-5-17/h2-11,14H,12-13H2,1H3,(H,26,28). The van der Waals surface area contributed by atoms with E-state index in [9.17, 15) is 4.79 Å². The number of aryl methyl sites for hydroxylation is 1. The number of amides is 1. The van der Waals surface area contributed by atoms with Gasteiger partial charge in [0.25, 0.3) is 0 Å². The number of anilines is 1. The number of carbonyl (C=O) groups excluding carboxylic acids is 1. The Kier molecular flexibility index (Phi) is 5.87. The minimum Gasteiger partial charge on any atom is -0.311 e. The van der Waals surface area contributed by atoms with E-state index in [1.54, 1.807) is 22.2 Å². The second-order valence-electron chi connectivity index (χ2n) is 6.67. The molecule has 146 valence electrons. The highest BCUT2D eigenvalue weighted by atomic mass is 79.9. The van der Waals surface area contributed by atoms with E-state index in [1.165, 1.54) is 0 Å². The van der Waals surface area contributed by atoms with E-state index in [-0.39, 0.29) is 5.91 Å². The maximum Gasteiger partial charge on any atom is 0.229 e. The summed E-state index contributed by atoms with van der Waals surface area (Å²) in [7, 11) is 0. The van der Waals surface area contributed by atoms with Crippen molar-refractivity contribution in [3.8, 4) is 11.3 Å². The van der Waals surface area contributed by atoms with Gasteiger partial charge in [-0.2, -0.15) is 5.10 Å². The fourth-order valence-corrected chi connectivity index (χ4v) is 3.88. The van der Waals surface area contributed by atoms with Gasteiger partial charge >= 0.3 is 0 Å². The molecule has 1 N–H and O–H groups in total. The fourth-order valence-electron chi connectivity index (χ4n) is 2.99. The maximum atomic E-state index is 12.5. The molecule has 5 nitrogen and oxygen atoms in total. The summed E-state index contributed by atoms with van der Waals surface area (Å²) in [6, 6.07) is 17.8. The molecule has 7 heteroatoms.